The third kappa shape index (κ3) is 2.38. The van der Waals surface area contributed by atoms with E-state index in [9.17, 15) is 0 Å². The van der Waals surface area contributed by atoms with Gasteiger partial charge in [-0.25, -0.2) is 0 Å². The van der Waals surface area contributed by atoms with Gasteiger partial charge in [0.2, 0.25) is 0 Å². The van der Waals surface area contributed by atoms with E-state index in [0.717, 1.165) is 36.8 Å². The Morgan fingerprint density at radius 1 is 1.43 bits per heavy atom. The van der Waals surface area contributed by atoms with Crippen molar-refractivity contribution in [1.82, 2.24) is 4.90 Å². The van der Waals surface area contributed by atoms with Crippen molar-refractivity contribution in [2.24, 2.45) is 5.92 Å². The fraction of sp³-hybridized carbons (Fsp3) is 0.900. The Morgan fingerprint density at radius 2 is 2.29 bits per heavy atom. The quantitative estimate of drug-likeness (QED) is 0.443. The summed E-state index contributed by atoms with van der Waals surface area (Å²) in [4.78, 5) is 2.40. The Hall–Kier alpha value is 0.140. The van der Waals surface area contributed by atoms with Crippen molar-refractivity contribution in [3.8, 4) is 6.07 Å². The number of ether oxygens (including phenoxy) is 1. The fourth-order valence-electron chi connectivity index (χ4n) is 2.07. The van der Waals surface area contributed by atoms with Crippen LogP contribution < -0.4 is 0 Å². The van der Waals surface area contributed by atoms with Gasteiger partial charge in [0, 0.05) is 23.4 Å². The normalized spacial score (nSPS) is 38.7. The average molecular weight is 306 g/mol. The maximum absolute atomic E-state index is 8.85. The molecule has 0 aromatic carbocycles. The zero-order chi connectivity index (χ0) is 9.97. The van der Waals surface area contributed by atoms with Crippen molar-refractivity contribution in [3.63, 3.8) is 0 Å². The summed E-state index contributed by atoms with van der Waals surface area (Å²) in [6.07, 6.45) is 4.05. The standard InChI is InChI=1S/C10H15IN2O/c11-6-9-10(14-9)13-4-1-2-8(7-12)3-5-13/h8-10H,1-6H2. The molecule has 3 unspecified atom stereocenters. The van der Waals surface area contributed by atoms with E-state index < -0.39 is 0 Å². The minimum Gasteiger partial charge on any atom is -0.352 e. The van der Waals surface area contributed by atoms with Gasteiger partial charge in [0.05, 0.1) is 6.07 Å². The molecule has 0 radical (unpaired) electrons. The van der Waals surface area contributed by atoms with E-state index in [4.69, 9.17) is 10.00 Å². The molecule has 2 saturated heterocycles. The first-order valence-corrected chi connectivity index (χ1v) is 6.73. The van der Waals surface area contributed by atoms with E-state index in [1.807, 2.05) is 0 Å². The Morgan fingerprint density at radius 3 is 2.93 bits per heavy atom. The predicted molar refractivity (Wildman–Crippen MR) is 62.1 cm³/mol. The summed E-state index contributed by atoms with van der Waals surface area (Å²) in [5.41, 5.74) is 0. The van der Waals surface area contributed by atoms with Gasteiger partial charge in [-0.15, -0.1) is 0 Å². The molecule has 0 saturated carbocycles. The lowest BCUT2D eigenvalue weighted by atomic mass is 10.0. The number of nitrogens with zero attached hydrogens (tertiary/aromatic N) is 2. The van der Waals surface area contributed by atoms with E-state index >= 15 is 0 Å². The van der Waals surface area contributed by atoms with Crippen molar-refractivity contribution in [3.05, 3.63) is 0 Å². The molecule has 14 heavy (non-hydrogen) atoms. The van der Waals surface area contributed by atoms with Gasteiger partial charge >= 0.3 is 0 Å². The van der Waals surface area contributed by atoms with Gasteiger partial charge in [0.25, 0.3) is 0 Å². The molecule has 0 spiro atoms. The molecule has 0 amide bonds. The van der Waals surface area contributed by atoms with Gasteiger partial charge in [0.15, 0.2) is 0 Å². The molecule has 0 aliphatic carbocycles. The van der Waals surface area contributed by atoms with E-state index in [1.54, 1.807) is 0 Å². The molecule has 2 aliphatic heterocycles. The summed E-state index contributed by atoms with van der Waals surface area (Å²) < 4.78 is 6.65. The molecule has 2 fully saturated rings. The van der Waals surface area contributed by atoms with Crippen LogP contribution in [0.1, 0.15) is 19.3 Å². The van der Waals surface area contributed by atoms with Crippen LogP contribution in [0.4, 0.5) is 0 Å². The SMILES string of the molecule is N#CC1CCCN(C2OC2CI)CC1. The second-order valence-electron chi connectivity index (χ2n) is 4.01. The number of alkyl halides is 1. The fourth-order valence-corrected chi connectivity index (χ4v) is 2.71. The summed E-state index contributed by atoms with van der Waals surface area (Å²) in [6.45, 7) is 2.14. The van der Waals surface area contributed by atoms with Crippen molar-refractivity contribution in [2.75, 3.05) is 17.5 Å². The molecule has 0 bridgehead atoms. The Kier molecular flexibility index (Phi) is 3.63. The lowest BCUT2D eigenvalue weighted by Crippen LogP contribution is -2.29. The highest BCUT2D eigenvalue weighted by Gasteiger charge is 2.42. The molecule has 3 atom stereocenters. The molecule has 0 aromatic heterocycles. The maximum atomic E-state index is 8.85. The first-order chi connectivity index (χ1) is 6.85. The van der Waals surface area contributed by atoms with Crippen LogP contribution >= 0.6 is 22.6 Å². The molecule has 3 nitrogen and oxygen atoms in total. The summed E-state index contributed by atoms with van der Waals surface area (Å²) >= 11 is 2.37. The highest BCUT2D eigenvalue weighted by atomic mass is 127. The Bertz CT molecular complexity index is 241. The molecule has 2 heterocycles. The van der Waals surface area contributed by atoms with Crippen LogP contribution in [0.5, 0.6) is 0 Å². The monoisotopic (exact) mass is 306 g/mol. The number of likely N-dealkylation sites (tertiary alicyclic amines) is 1. The summed E-state index contributed by atoms with van der Waals surface area (Å²) in [5.74, 6) is 0.275. The Balaban J connectivity index is 1.82. The molecule has 0 aromatic rings. The number of nitriles is 1. The molecular weight excluding hydrogens is 291 g/mol. The minimum atomic E-state index is 0.275. The number of halogens is 1. The zero-order valence-electron chi connectivity index (χ0n) is 8.16. The minimum absolute atomic E-state index is 0.275. The van der Waals surface area contributed by atoms with E-state index in [2.05, 4.69) is 33.6 Å². The van der Waals surface area contributed by atoms with Crippen LogP contribution in [0.3, 0.4) is 0 Å². The predicted octanol–water partition coefficient (Wildman–Crippen LogP) is 1.77. The molecule has 4 heteroatoms. The lowest BCUT2D eigenvalue weighted by Gasteiger charge is -2.16. The van der Waals surface area contributed by atoms with E-state index in [-0.39, 0.29) is 5.92 Å². The second-order valence-corrected chi connectivity index (χ2v) is 4.89. The van der Waals surface area contributed by atoms with Gasteiger partial charge < -0.3 is 4.74 Å². The number of hydrogen-bond donors (Lipinski definition) is 0. The van der Waals surface area contributed by atoms with Crippen molar-refractivity contribution in [2.45, 2.75) is 31.6 Å². The molecule has 78 valence electrons. The smallest absolute Gasteiger partial charge is 0.138 e. The summed E-state index contributed by atoms with van der Waals surface area (Å²) in [6, 6.07) is 2.38. The van der Waals surface area contributed by atoms with Crippen LogP contribution in [-0.4, -0.2) is 34.7 Å². The Labute approximate surface area is 98.5 Å². The van der Waals surface area contributed by atoms with Crippen LogP contribution in [0.2, 0.25) is 0 Å². The van der Waals surface area contributed by atoms with Crippen LogP contribution in [-0.2, 0) is 4.74 Å². The van der Waals surface area contributed by atoms with Crippen molar-refractivity contribution >= 4 is 22.6 Å². The van der Waals surface area contributed by atoms with E-state index in [0.29, 0.717) is 12.3 Å². The molecule has 0 N–H and O–H groups in total. The maximum Gasteiger partial charge on any atom is 0.138 e. The van der Waals surface area contributed by atoms with Crippen LogP contribution in [0.25, 0.3) is 0 Å². The first-order valence-electron chi connectivity index (χ1n) is 5.20. The van der Waals surface area contributed by atoms with Gasteiger partial charge in [0.1, 0.15) is 12.3 Å². The summed E-state index contributed by atoms with van der Waals surface area (Å²) in [5, 5.41) is 8.85. The van der Waals surface area contributed by atoms with Gasteiger partial charge in [-0.05, 0) is 19.3 Å². The van der Waals surface area contributed by atoms with Crippen molar-refractivity contribution < 1.29 is 4.74 Å². The topological polar surface area (TPSA) is 39.6 Å². The third-order valence-corrected chi connectivity index (χ3v) is 3.88. The number of rotatable bonds is 2. The van der Waals surface area contributed by atoms with Crippen LogP contribution in [0, 0.1) is 17.2 Å². The lowest BCUT2D eigenvalue weighted by molar-refractivity contribution is 0.180. The van der Waals surface area contributed by atoms with Crippen LogP contribution in [0.15, 0.2) is 0 Å². The van der Waals surface area contributed by atoms with Crippen molar-refractivity contribution in [1.29, 1.82) is 5.26 Å². The van der Waals surface area contributed by atoms with E-state index in [1.165, 1.54) is 0 Å². The molecule has 2 rings (SSSR count). The highest BCUT2D eigenvalue weighted by molar-refractivity contribution is 14.1. The largest absolute Gasteiger partial charge is 0.352 e. The highest BCUT2D eigenvalue weighted by Crippen LogP contribution is 2.30. The molecule has 2 aliphatic rings. The van der Waals surface area contributed by atoms with Gasteiger partial charge in [-0.3, -0.25) is 4.90 Å². The average Bonchev–Trinajstić information content (AvgIpc) is 3.00. The summed E-state index contributed by atoms with van der Waals surface area (Å²) in [7, 11) is 0. The zero-order valence-corrected chi connectivity index (χ0v) is 10.3. The molecular formula is C10H15IN2O. The second kappa shape index (κ2) is 4.77. The number of epoxide rings is 1. The third-order valence-electron chi connectivity index (χ3n) is 3.01. The van der Waals surface area contributed by atoms with Gasteiger partial charge in [-0.2, -0.15) is 5.26 Å². The number of hydrogen-bond acceptors (Lipinski definition) is 3. The first kappa shape index (κ1) is 10.7. The van der Waals surface area contributed by atoms with Gasteiger partial charge in [-0.1, -0.05) is 22.6 Å².